The standard InChI is InChI=1S/C19H23F2N5O/c1-11-15(10-25(4)23-11)22-17-14-6-5-12(18(2,3)27)7-16(14)26(24-17)9-13-8-19(13,20)21/h5-7,10,13,27H,8-9H2,1-4H3,(H,22,24)/t13-/m1/s1. The van der Waals surface area contributed by atoms with Crippen molar-refractivity contribution in [2.75, 3.05) is 5.32 Å². The minimum atomic E-state index is -2.61. The third-order valence-corrected chi connectivity index (χ3v) is 5.07. The van der Waals surface area contributed by atoms with Crippen molar-refractivity contribution >= 4 is 22.4 Å². The highest BCUT2D eigenvalue weighted by molar-refractivity contribution is 5.92. The molecule has 3 aromatic rings. The molecule has 2 heterocycles. The molecule has 0 unspecified atom stereocenters. The van der Waals surface area contributed by atoms with E-state index in [1.165, 1.54) is 0 Å². The Morgan fingerprint density at radius 2 is 2.04 bits per heavy atom. The first kappa shape index (κ1) is 17.9. The summed E-state index contributed by atoms with van der Waals surface area (Å²) in [4.78, 5) is 0. The number of rotatable bonds is 5. The van der Waals surface area contributed by atoms with Crippen LogP contribution in [0.2, 0.25) is 0 Å². The van der Waals surface area contributed by atoms with Gasteiger partial charge >= 0.3 is 0 Å². The molecule has 4 rings (SSSR count). The number of nitrogens with zero attached hydrogens (tertiary/aromatic N) is 4. The number of hydrogen-bond donors (Lipinski definition) is 2. The van der Waals surface area contributed by atoms with Crippen LogP contribution in [0.15, 0.2) is 24.4 Å². The van der Waals surface area contributed by atoms with Crippen LogP contribution in [0.1, 0.15) is 31.5 Å². The van der Waals surface area contributed by atoms with Gasteiger partial charge in [0.05, 0.1) is 29.0 Å². The van der Waals surface area contributed by atoms with E-state index in [0.717, 1.165) is 22.3 Å². The van der Waals surface area contributed by atoms with Crippen LogP contribution in [0.4, 0.5) is 20.3 Å². The molecule has 8 heteroatoms. The number of anilines is 2. The average Bonchev–Trinajstić information content (AvgIpc) is 2.85. The number of aromatic nitrogens is 4. The highest BCUT2D eigenvalue weighted by Gasteiger charge is 2.57. The van der Waals surface area contributed by atoms with E-state index >= 15 is 0 Å². The van der Waals surface area contributed by atoms with Gasteiger partial charge in [-0.1, -0.05) is 6.07 Å². The number of benzene rings is 1. The molecule has 1 aliphatic rings. The molecule has 0 bridgehead atoms. The van der Waals surface area contributed by atoms with E-state index in [-0.39, 0.29) is 13.0 Å². The molecule has 0 saturated heterocycles. The van der Waals surface area contributed by atoms with E-state index in [0.29, 0.717) is 11.4 Å². The number of nitrogens with one attached hydrogen (secondary N) is 1. The number of aryl methyl sites for hydroxylation is 2. The molecule has 0 aliphatic heterocycles. The number of fused-ring (bicyclic) bond motifs is 1. The van der Waals surface area contributed by atoms with Gasteiger partial charge in [0.25, 0.3) is 5.92 Å². The van der Waals surface area contributed by atoms with E-state index in [2.05, 4.69) is 15.5 Å². The molecular weight excluding hydrogens is 352 g/mol. The molecule has 1 atom stereocenters. The zero-order valence-electron chi connectivity index (χ0n) is 15.8. The predicted octanol–water partition coefficient (Wildman–Crippen LogP) is 3.70. The van der Waals surface area contributed by atoms with Gasteiger partial charge in [-0.25, -0.2) is 8.78 Å². The third-order valence-electron chi connectivity index (χ3n) is 5.07. The van der Waals surface area contributed by atoms with Crippen molar-refractivity contribution in [2.24, 2.45) is 13.0 Å². The smallest absolute Gasteiger partial charge is 0.253 e. The van der Waals surface area contributed by atoms with Gasteiger partial charge in [-0.3, -0.25) is 9.36 Å². The van der Waals surface area contributed by atoms with Crippen LogP contribution in [0.3, 0.4) is 0 Å². The third kappa shape index (κ3) is 3.29. The maximum atomic E-state index is 13.5. The Morgan fingerprint density at radius 1 is 1.33 bits per heavy atom. The Kier molecular flexibility index (Phi) is 3.82. The molecule has 0 spiro atoms. The van der Waals surface area contributed by atoms with Gasteiger partial charge < -0.3 is 10.4 Å². The average molecular weight is 375 g/mol. The second kappa shape index (κ2) is 5.76. The van der Waals surface area contributed by atoms with Gasteiger partial charge in [0.1, 0.15) is 0 Å². The maximum Gasteiger partial charge on any atom is 0.253 e. The van der Waals surface area contributed by atoms with Crippen LogP contribution in [0, 0.1) is 12.8 Å². The molecule has 1 aromatic carbocycles. The second-order valence-electron chi connectivity index (χ2n) is 7.91. The fourth-order valence-electron chi connectivity index (χ4n) is 3.31. The first-order chi connectivity index (χ1) is 12.5. The zero-order valence-corrected chi connectivity index (χ0v) is 15.8. The van der Waals surface area contributed by atoms with Crippen molar-refractivity contribution in [3.63, 3.8) is 0 Å². The highest BCUT2D eigenvalue weighted by Crippen LogP contribution is 2.49. The lowest BCUT2D eigenvalue weighted by atomic mass is 9.97. The lowest BCUT2D eigenvalue weighted by molar-refractivity contribution is 0.0786. The minimum Gasteiger partial charge on any atom is -0.386 e. The van der Waals surface area contributed by atoms with E-state index < -0.39 is 17.4 Å². The summed E-state index contributed by atoms with van der Waals surface area (Å²) in [6.45, 7) is 5.43. The summed E-state index contributed by atoms with van der Waals surface area (Å²) >= 11 is 0. The number of hydrogen-bond acceptors (Lipinski definition) is 4. The minimum absolute atomic E-state index is 0.107. The number of alkyl halides is 2. The molecule has 144 valence electrons. The fraction of sp³-hybridized carbons (Fsp3) is 0.474. The monoisotopic (exact) mass is 375 g/mol. The second-order valence-corrected chi connectivity index (χ2v) is 7.91. The largest absolute Gasteiger partial charge is 0.386 e. The van der Waals surface area contributed by atoms with Crippen LogP contribution in [-0.2, 0) is 19.2 Å². The van der Waals surface area contributed by atoms with Gasteiger partial charge in [0.2, 0.25) is 0 Å². The Bertz CT molecular complexity index is 1020. The van der Waals surface area contributed by atoms with Crippen molar-refractivity contribution in [1.29, 1.82) is 0 Å². The van der Waals surface area contributed by atoms with Crippen molar-refractivity contribution in [1.82, 2.24) is 19.6 Å². The predicted molar refractivity (Wildman–Crippen MR) is 99.3 cm³/mol. The Morgan fingerprint density at radius 3 is 2.59 bits per heavy atom. The molecule has 1 aliphatic carbocycles. The van der Waals surface area contributed by atoms with Crippen molar-refractivity contribution in [2.45, 2.75) is 45.3 Å². The Hall–Kier alpha value is -2.48. The Balaban J connectivity index is 1.78. The first-order valence-electron chi connectivity index (χ1n) is 8.93. The molecule has 1 fully saturated rings. The van der Waals surface area contributed by atoms with Crippen molar-refractivity contribution < 1.29 is 13.9 Å². The van der Waals surface area contributed by atoms with E-state index in [9.17, 15) is 13.9 Å². The summed E-state index contributed by atoms with van der Waals surface area (Å²) in [7, 11) is 1.83. The van der Waals surface area contributed by atoms with Crippen LogP contribution in [0.5, 0.6) is 0 Å². The van der Waals surface area contributed by atoms with Crippen molar-refractivity contribution in [3.8, 4) is 0 Å². The van der Waals surface area contributed by atoms with Gasteiger partial charge in [0, 0.05) is 31.0 Å². The lowest BCUT2D eigenvalue weighted by Crippen LogP contribution is -2.15. The van der Waals surface area contributed by atoms with Crippen LogP contribution >= 0.6 is 0 Å². The first-order valence-corrected chi connectivity index (χ1v) is 8.93. The summed E-state index contributed by atoms with van der Waals surface area (Å²) in [5, 5.41) is 23.3. The molecule has 0 radical (unpaired) electrons. The van der Waals surface area contributed by atoms with E-state index in [4.69, 9.17) is 0 Å². The summed E-state index contributed by atoms with van der Waals surface area (Å²) in [5.74, 6) is -2.72. The van der Waals surface area contributed by atoms with Crippen molar-refractivity contribution in [3.05, 3.63) is 35.7 Å². The molecule has 1 saturated carbocycles. The highest BCUT2D eigenvalue weighted by atomic mass is 19.3. The quantitative estimate of drug-likeness (QED) is 0.713. The van der Waals surface area contributed by atoms with Gasteiger partial charge in [-0.2, -0.15) is 10.2 Å². The molecular formula is C19H23F2N5O. The van der Waals surface area contributed by atoms with Gasteiger partial charge in [0.15, 0.2) is 5.82 Å². The maximum absolute atomic E-state index is 13.5. The van der Waals surface area contributed by atoms with Crippen LogP contribution < -0.4 is 5.32 Å². The SMILES string of the molecule is Cc1nn(C)cc1Nc1nn(C[C@H]2CC2(F)F)c2cc(C(C)(C)O)ccc12. The number of aliphatic hydroxyl groups is 1. The summed E-state index contributed by atoms with van der Waals surface area (Å²) in [6.07, 6.45) is 1.74. The van der Waals surface area contributed by atoms with Gasteiger partial charge in [-0.05, 0) is 38.5 Å². The van der Waals surface area contributed by atoms with E-state index in [1.54, 1.807) is 23.2 Å². The Labute approximate surface area is 155 Å². The lowest BCUT2D eigenvalue weighted by Gasteiger charge is -2.18. The normalized spacial score (nSPS) is 18.9. The van der Waals surface area contributed by atoms with E-state index in [1.807, 2.05) is 38.4 Å². The topological polar surface area (TPSA) is 67.9 Å². The molecule has 6 nitrogen and oxygen atoms in total. The molecule has 2 aromatic heterocycles. The van der Waals surface area contributed by atoms with Gasteiger partial charge in [-0.15, -0.1) is 0 Å². The summed E-state index contributed by atoms with van der Waals surface area (Å²) in [6, 6.07) is 5.52. The molecule has 0 amide bonds. The summed E-state index contributed by atoms with van der Waals surface area (Å²) < 4.78 is 30.2. The summed E-state index contributed by atoms with van der Waals surface area (Å²) in [5.41, 5.74) is 2.04. The fourth-order valence-corrected chi connectivity index (χ4v) is 3.31. The molecule has 2 N–H and O–H groups in total. The zero-order chi connectivity index (χ0) is 19.6. The van der Waals surface area contributed by atoms with Crippen LogP contribution in [-0.4, -0.2) is 30.6 Å². The number of halogens is 2. The van der Waals surface area contributed by atoms with Crippen LogP contribution in [0.25, 0.3) is 10.9 Å². The molecule has 27 heavy (non-hydrogen) atoms.